The van der Waals surface area contributed by atoms with Crippen LogP contribution in [0.15, 0.2) is 48.6 Å². The molecule has 0 saturated heterocycles. The first-order valence-corrected chi connectivity index (χ1v) is 9.33. The van der Waals surface area contributed by atoms with Gasteiger partial charge in [0.1, 0.15) is 0 Å². The Morgan fingerprint density at radius 3 is 2.48 bits per heavy atom. The molecule has 25 heavy (non-hydrogen) atoms. The molecule has 142 valence electrons. The van der Waals surface area contributed by atoms with Crippen molar-refractivity contribution in [2.24, 2.45) is 0 Å². The molecule has 0 spiro atoms. The second-order valence-corrected chi connectivity index (χ2v) is 5.91. The molecule has 1 unspecified atom stereocenters. The van der Waals surface area contributed by atoms with Gasteiger partial charge in [0.2, 0.25) is 5.91 Å². The Kier molecular flexibility index (Phi) is 17.5. The maximum absolute atomic E-state index is 11.2. The molecule has 0 aliphatic carbocycles. The average molecular weight is 350 g/mol. The number of unbranched alkanes of at least 4 members (excludes halogenated alkanes) is 3. The fourth-order valence-corrected chi connectivity index (χ4v) is 2.16. The van der Waals surface area contributed by atoms with Crippen LogP contribution in [-0.2, 0) is 9.63 Å². The van der Waals surface area contributed by atoms with E-state index in [1.807, 2.05) is 12.2 Å². The van der Waals surface area contributed by atoms with E-state index in [1.54, 1.807) is 6.08 Å². The molecule has 0 aliphatic rings. The fourth-order valence-electron chi connectivity index (χ4n) is 2.16. The van der Waals surface area contributed by atoms with Crippen LogP contribution in [-0.4, -0.2) is 24.2 Å². The van der Waals surface area contributed by atoms with Crippen molar-refractivity contribution in [1.29, 1.82) is 0 Å². The van der Waals surface area contributed by atoms with Gasteiger partial charge in [-0.15, -0.1) is 0 Å². The largest absolute Gasteiger partial charge is 0.389 e. The van der Waals surface area contributed by atoms with Crippen LogP contribution >= 0.6 is 0 Å². The number of rotatable bonds is 15. The third-order valence-corrected chi connectivity index (χ3v) is 3.55. The summed E-state index contributed by atoms with van der Waals surface area (Å²) in [6.07, 6.45) is 24.3. The second kappa shape index (κ2) is 18.7. The van der Waals surface area contributed by atoms with Gasteiger partial charge in [-0.2, -0.15) is 0 Å². The van der Waals surface area contributed by atoms with Crippen LogP contribution in [0, 0.1) is 0 Å². The minimum Gasteiger partial charge on any atom is -0.389 e. The SMILES string of the molecule is CCCCC/C=C\C/C=C\C/C=C\C=C\C(O)CCCC(=O)NOC. The molecule has 0 aromatic rings. The summed E-state index contributed by atoms with van der Waals surface area (Å²) in [5.41, 5.74) is 2.25. The van der Waals surface area contributed by atoms with Crippen LogP contribution < -0.4 is 5.48 Å². The number of nitrogens with one attached hydrogen (secondary N) is 1. The highest BCUT2D eigenvalue weighted by atomic mass is 16.6. The molecule has 0 bridgehead atoms. The lowest BCUT2D eigenvalue weighted by Crippen LogP contribution is -2.21. The van der Waals surface area contributed by atoms with Crippen LogP contribution in [0.3, 0.4) is 0 Å². The van der Waals surface area contributed by atoms with Crippen molar-refractivity contribution in [3.8, 4) is 0 Å². The van der Waals surface area contributed by atoms with Crippen molar-refractivity contribution < 1.29 is 14.7 Å². The number of hydroxylamine groups is 1. The first kappa shape index (κ1) is 23.4. The van der Waals surface area contributed by atoms with Crippen LogP contribution in [0.1, 0.15) is 64.7 Å². The Balaban J connectivity index is 3.63. The molecule has 0 radical (unpaired) electrons. The third-order valence-electron chi connectivity index (χ3n) is 3.55. The van der Waals surface area contributed by atoms with Gasteiger partial charge in [0.15, 0.2) is 0 Å². The van der Waals surface area contributed by atoms with E-state index in [-0.39, 0.29) is 5.91 Å². The van der Waals surface area contributed by atoms with E-state index in [9.17, 15) is 9.90 Å². The number of aliphatic hydroxyl groups excluding tert-OH is 1. The minimum absolute atomic E-state index is 0.166. The Morgan fingerprint density at radius 1 is 1.04 bits per heavy atom. The predicted molar refractivity (Wildman–Crippen MR) is 105 cm³/mol. The number of hydrogen-bond acceptors (Lipinski definition) is 3. The van der Waals surface area contributed by atoms with Crippen LogP contribution in [0.2, 0.25) is 0 Å². The molecule has 1 amide bonds. The molecular weight excluding hydrogens is 314 g/mol. The third kappa shape index (κ3) is 18.5. The van der Waals surface area contributed by atoms with Crippen molar-refractivity contribution in [3.05, 3.63) is 48.6 Å². The van der Waals surface area contributed by atoms with E-state index in [4.69, 9.17) is 0 Å². The van der Waals surface area contributed by atoms with Gasteiger partial charge in [0, 0.05) is 6.42 Å². The molecule has 0 aromatic carbocycles. The van der Waals surface area contributed by atoms with Gasteiger partial charge in [0.05, 0.1) is 13.2 Å². The monoisotopic (exact) mass is 349 g/mol. The number of hydrogen-bond donors (Lipinski definition) is 2. The number of aliphatic hydroxyl groups is 1. The zero-order valence-corrected chi connectivity index (χ0v) is 15.8. The van der Waals surface area contributed by atoms with Gasteiger partial charge in [-0.25, -0.2) is 5.48 Å². The number of carbonyl (C=O) groups is 1. The maximum Gasteiger partial charge on any atom is 0.243 e. The zero-order valence-electron chi connectivity index (χ0n) is 15.8. The fraction of sp³-hybridized carbons (Fsp3) is 0.571. The molecule has 1 atom stereocenters. The summed E-state index contributed by atoms with van der Waals surface area (Å²) >= 11 is 0. The van der Waals surface area contributed by atoms with Gasteiger partial charge in [-0.05, 0) is 38.5 Å². The highest BCUT2D eigenvalue weighted by Crippen LogP contribution is 2.03. The Morgan fingerprint density at radius 2 is 1.76 bits per heavy atom. The summed E-state index contributed by atoms with van der Waals surface area (Å²) in [6.45, 7) is 2.22. The van der Waals surface area contributed by atoms with E-state index >= 15 is 0 Å². The molecule has 4 heteroatoms. The van der Waals surface area contributed by atoms with Gasteiger partial charge in [-0.1, -0.05) is 68.4 Å². The van der Waals surface area contributed by atoms with Crippen molar-refractivity contribution in [1.82, 2.24) is 5.48 Å². The van der Waals surface area contributed by atoms with E-state index < -0.39 is 6.10 Å². The summed E-state index contributed by atoms with van der Waals surface area (Å²) < 4.78 is 0. The minimum atomic E-state index is -0.520. The summed E-state index contributed by atoms with van der Waals surface area (Å²) in [7, 11) is 1.41. The van der Waals surface area contributed by atoms with Crippen molar-refractivity contribution >= 4 is 5.91 Å². The summed E-state index contributed by atoms with van der Waals surface area (Å²) in [5, 5.41) is 9.76. The summed E-state index contributed by atoms with van der Waals surface area (Å²) in [5.74, 6) is -0.166. The Hall–Kier alpha value is -1.65. The summed E-state index contributed by atoms with van der Waals surface area (Å²) in [4.78, 5) is 15.7. The van der Waals surface area contributed by atoms with E-state index in [0.717, 1.165) is 12.8 Å². The maximum atomic E-state index is 11.2. The molecule has 4 nitrogen and oxygen atoms in total. The van der Waals surface area contributed by atoms with E-state index in [0.29, 0.717) is 19.3 Å². The first-order valence-electron chi connectivity index (χ1n) is 9.33. The molecule has 0 saturated carbocycles. The zero-order chi connectivity index (χ0) is 18.6. The van der Waals surface area contributed by atoms with Gasteiger partial charge < -0.3 is 5.11 Å². The lowest BCUT2D eigenvalue weighted by atomic mass is 10.1. The van der Waals surface area contributed by atoms with Crippen molar-refractivity contribution in [3.63, 3.8) is 0 Å². The average Bonchev–Trinajstić information content (AvgIpc) is 2.59. The van der Waals surface area contributed by atoms with E-state index in [1.165, 1.54) is 32.8 Å². The summed E-state index contributed by atoms with van der Waals surface area (Å²) in [6, 6.07) is 0. The normalized spacial score (nSPS) is 13.6. The predicted octanol–water partition coefficient (Wildman–Crippen LogP) is 4.78. The molecular formula is C21H35NO3. The van der Waals surface area contributed by atoms with Crippen molar-refractivity contribution in [2.75, 3.05) is 7.11 Å². The second-order valence-electron chi connectivity index (χ2n) is 5.91. The van der Waals surface area contributed by atoms with Gasteiger partial charge in [-0.3, -0.25) is 9.63 Å². The standard InChI is InChI=1S/C21H35NO3/c1-3-4-5-6-7-8-9-10-11-12-13-14-15-17-20(23)18-16-19-21(24)22-25-2/h7-8,10-11,13-15,17,20,23H,3-6,9,12,16,18-19H2,1-2H3,(H,22,24)/b8-7-,11-10-,14-13-,17-15+. The molecule has 0 rings (SSSR count). The molecule has 2 N–H and O–H groups in total. The van der Waals surface area contributed by atoms with Gasteiger partial charge >= 0.3 is 0 Å². The van der Waals surface area contributed by atoms with Crippen LogP contribution in [0.4, 0.5) is 0 Å². The Labute approximate surface area is 153 Å². The van der Waals surface area contributed by atoms with Gasteiger partial charge in [0.25, 0.3) is 0 Å². The highest BCUT2D eigenvalue weighted by molar-refractivity contribution is 5.74. The Bertz CT molecular complexity index is 425. The molecule has 0 heterocycles. The number of amides is 1. The molecule has 0 fully saturated rings. The smallest absolute Gasteiger partial charge is 0.243 e. The molecule has 0 aromatic heterocycles. The lowest BCUT2D eigenvalue weighted by molar-refractivity contribution is -0.131. The van der Waals surface area contributed by atoms with Crippen LogP contribution in [0.5, 0.6) is 0 Å². The van der Waals surface area contributed by atoms with Crippen LogP contribution in [0.25, 0.3) is 0 Å². The van der Waals surface area contributed by atoms with Crippen molar-refractivity contribution in [2.45, 2.75) is 70.8 Å². The number of allylic oxidation sites excluding steroid dienone is 7. The van der Waals surface area contributed by atoms with E-state index in [2.05, 4.69) is 47.6 Å². The quantitative estimate of drug-likeness (QED) is 0.194. The number of carbonyl (C=O) groups excluding carboxylic acids is 1. The molecule has 0 aliphatic heterocycles. The topological polar surface area (TPSA) is 58.6 Å². The first-order chi connectivity index (χ1) is 12.2. The lowest BCUT2D eigenvalue weighted by Gasteiger charge is -2.04. The highest BCUT2D eigenvalue weighted by Gasteiger charge is 2.03.